The maximum absolute atomic E-state index is 12.3. The maximum Gasteiger partial charge on any atom is 0.225 e. The lowest BCUT2D eigenvalue weighted by Crippen LogP contribution is -2.52. The minimum Gasteiger partial charge on any atom is -0.352 e. The molecule has 0 spiro atoms. The predicted molar refractivity (Wildman–Crippen MR) is 84.8 cm³/mol. The molecule has 0 aliphatic heterocycles. The van der Waals surface area contributed by atoms with E-state index in [2.05, 4.69) is 24.4 Å². The van der Waals surface area contributed by atoms with E-state index >= 15 is 0 Å². The molecule has 0 aromatic heterocycles. The Balaban J connectivity index is 0.00000200. The van der Waals surface area contributed by atoms with Gasteiger partial charge in [0, 0.05) is 12.1 Å². The fourth-order valence-corrected chi connectivity index (χ4v) is 2.92. The van der Waals surface area contributed by atoms with Crippen LogP contribution in [0.1, 0.15) is 43.7 Å². The van der Waals surface area contributed by atoms with E-state index in [1.165, 1.54) is 5.56 Å². The number of carbonyl (C=O) groups excluding carboxylic acids is 1. The summed E-state index contributed by atoms with van der Waals surface area (Å²) >= 11 is 0. The van der Waals surface area contributed by atoms with Crippen molar-refractivity contribution in [1.82, 2.24) is 5.32 Å². The van der Waals surface area contributed by atoms with Crippen LogP contribution in [0.4, 0.5) is 0 Å². The molecule has 1 aliphatic carbocycles. The fourth-order valence-electron chi connectivity index (χ4n) is 2.92. The zero-order chi connectivity index (χ0) is 13.9. The van der Waals surface area contributed by atoms with Crippen molar-refractivity contribution in [2.75, 3.05) is 0 Å². The molecule has 0 bridgehead atoms. The summed E-state index contributed by atoms with van der Waals surface area (Å²) in [5.41, 5.74) is 8.26. The standard InChI is InChI=1S/C16H24N2O.ClH/c1-12-6-5-7-13(10-12)11-18-15(19)14-8-3-4-9-16(14,2)17;/h5-7,10,14H,3-4,8-9,11,17H2,1-2H3,(H,18,19);1H. The van der Waals surface area contributed by atoms with Crippen LogP contribution in [0.2, 0.25) is 0 Å². The quantitative estimate of drug-likeness (QED) is 0.901. The summed E-state index contributed by atoms with van der Waals surface area (Å²) in [6.45, 7) is 4.65. The maximum atomic E-state index is 12.3. The highest BCUT2D eigenvalue weighted by atomic mass is 35.5. The first-order chi connectivity index (χ1) is 8.99. The lowest BCUT2D eigenvalue weighted by Gasteiger charge is -2.37. The summed E-state index contributed by atoms with van der Waals surface area (Å²) < 4.78 is 0. The molecule has 112 valence electrons. The third kappa shape index (κ3) is 4.22. The number of benzene rings is 1. The summed E-state index contributed by atoms with van der Waals surface area (Å²) in [6, 6.07) is 8.21. The summed E-state index contributed by atoms with van der Waals surface area (Å²) in [5.74, 6) is 0.0530. The highest BCUT2D eigenvalue weighted by Crippen LogP contribution is 2.31. The first kappa shape index (κ1) is 17.0. The van der Waals surface area contributed by atoms with Crippen LogP contribution in [0.3, 0.4) is 0 Å². The van der Waals surface area contributed by atoms with Gasteiger partial charge >= 0.3 is 0 Å². The Bertz CT molecular complexity index is 460. The second-order valence-electron chi connectivity index (χ2n) is 6.01. The number of halogens is 1. The zero-order valence-corrected chi connectivity index (χ0v) is 13.1. The number of nitrogens with two attached hydrogens (primary N) is 1. The van der Waals surface area contributed by atoms with E-state index in [4.69, 9.17) is 5.73 Å². The van der Waals surface area contributed by atoms with E-state index in [9.17, 15) is 4.79 Å². The van der Waals surface area contributed by atoms with E-state index in [0.29, 0.717) is 6.54 Å². The first-order valence-electron chi connectivity index (χ1n) is 7.11. The van der Waals surface area contributed by atoms with Crippen molar-refractivity contribution >= 4 is 18.3 Å². The lowest BCUT2D eigenvalue weighted by molar-refractivity contribution is -0.128. The molecule has 3 nitrogen and oxygen atoms in total. The summed E-state index contributed by atoms with van der Waals surface area (Å²) in [7, 11) is 0. The van der Waals surface area contributed by atoms with Gasteiger partial charge in [0.1, 0.15) is 0 Å². The highest BCUT2D eigenvalue weighted by molar-refractivity contribution is 5.85. The van der Waals surface area contributed by atoms with Crippen LogP contribution in [-0.2, 0) is 11.3 Å². The number of carbonyl (C=O) groups is 1. The van der Waals surface area contributed by atoms with E-state index < -0.39 is 0 Å². The molecule has 2 rings (SSSR count). The molecule has 0 saturated heterocycles. The van der Waals surface area contributed by atoms with Crippen LogP contribution in [0.5, 0.6) is 0 Å². The smallest absolute Gasteiger partial charge is 0.225 e. The van der Waals surface area contributed by atoms with E-state index in [1.807, 2.05) is 19.1 Å². The van der Waals surface area contributed by atoms with Crippen LogP contribution in [0.15, 0.2) is 24.3 Å². The lowest BCUT2D eigenvalue weighted by atomic mass is 9.74. The van der Waals surface area contributed by atoms with Crippen LogP contribution in [0, 0.1) is 12.8 Å². The van der Waals surface area contributed by atoms with Gasteiger partial charge in [-0.25, -0.2) is 0 Å². The second kappa shape index (κ2) is 7.09. The Morgan fingerprint density at radius 3 is 2.85 bits per heavy atom. The number of rotatable bonds is 3. The second-order valence-corrected chi connectivity index (χ2v) is 6.01. The van der Waals surface area contributed by atoms with E-state index in [1.54, 1.807) is 0 Å². The topological polar surface area (TPSA) is 55.1 Å². The summed E-state index contributed by atoms with van der Waals surface area (Å²) in [6.07, 6.45) is 4.09. The molecule has 20 heavy (non-hydrogen) atoms. The minimum atomic E-state index is -0.352. The number of aryl methyl sites for hydroxylation is 1. The van der Waals surface area contributed by atoms with Crippen LogP contribution in [0.25, 0.3) is 0 Å². The van der Waals surface area contributed by atoms with Crippen molar-refractivity contribution in [3.63, 3.8) is 0 Å². The molecule has 3 N–H and O–H groups in total. The zero-order valence-electron chi connectivity index (χ0n) is 12.3. The largest absolute Gasteiger partial charge is 0.352 e. The molecule has 1 aromatic rings. The molecular weight excluding hydrogens is 272 g/mol. The van der Waals surface area contributed by atoms with Crippen LogP contribution in [-0.4, -0.2) is 11.4 Å². The number of nitrogens with one attached hydrogen (secondary N) is 1. The van der Waals surface area contributed by atoms with Crippen LogP contribution >= 0.6 is 12.4 Å². The van der Waals surface area contributed by atoms with Crippen molar-refractivity contribution in [1.29, 1.82) is 0 Å². The van der Waals surface area contributed by atoms with Gasteiger partial charge in [-0.2, -0.15) is 0 Å². The molecule has 2 unspecified atom stereocenters. The van der Waals surface area contributed by atoms with Crippen molar-refractivity contribution < 1.29 is 4.79 Å². The molecule has 0 radical (unpaired) electrons. The van der Waals surface area contributed by atoms with Gasteiger partial charge in [-0.15, -0.1) is 12.4 Å². The molecule has 4 heteroatoms. The van der Waals surface area contributed by atoms with Crippen molar-refractivity contribution in [2.24, 2.45) is 11.7 Å². The minimum absolute atomic E-state index is 0. The fraction of sp³-hybridized carbons (Fsp3) is 0.562. The van der Waals surface area contributed by atoms with Gasteiger partial charge in [0.15, 0.2) is 0 Å². The first-order valence-corrected chi connectivity index (χ1v) is 7.11. The van der Waals surface area contributed by atoms with Gasteiger partial charge < -0.3 is 11.1 Å². The monoisotopic (exact) mass is 296 g/mol. The number of hydrogen-bond acceptors (Lipinski definition) is 2. The highest BCUT2D eigenvalue weighted by Gasteiger charge is 2.37. The van der Waals surface area contributed by atoms with Gasteiger partial charge in [-0.1, -0.05) is 42.7 Å². The molecule has 1 aromatic carbocycles. The van der Waals surface area contributed by atoms with E-state index in [0.717, 1.165) is 31.2 Å². The summed E-state index contributed by atoms with van der Waals surface area (Å²) in [5, 5.41) is 3.03. The Morgan fingerprint density at radius 2 is 2.20 bits per heavy atom. The third-order valence-corrected chi connectivity index (χ3v) is 4.12. The SMILES string of the molecule is Cc1cccc(CNC(=O)C2CCCCC2(C)N)c1.Cl. The Hall–Kier alpha value is -1.06. The number of amides is 1. The predicted octanol–water partition coefficient (Wildman–Crippen LogP) is 2.94. The average molecular weight is 297 g/mol. The molecule has 2 atom stereocenters. The summed E-state index contributed by atoms with van der Waals surface area (Å²) in [4.78, 5) is 12.3. The van der Waals surface area contributed by atoms with Gasteiger partial charge in [0.2, 0.25) is 5.91 Å². The molecule has 1 aliphatic rings. The van der Waals surface area contributed by atoms with Gasteiger partial charge in [0.05, 0.1) is 5.92 Å². The van der Waals surface area contributed by atoms with Gasteiger partial charge in [-0.05, 0) is 32.3 Å². The Morgan fingerprint density at radius 1 is 1.45 bits per heavy atom. The van der Waals surface area contributed by atoms with Crippen molar-refractivity contribution in [2.45, 2.75) is 51.6 Å². The Labute approximate surface area is 127 Å². The molecular formula is C16H25ClN2O. The molecule has 1 amide bonds. The van der Waals surface area contributed by atoms with E-state index in [-0.39, 0.29) is 29.8 Å². The van der Waals surface area contributed by atoms with Gasteiger partial charge in [0.25, 0.3) is 0 Å². The molecule has 1 fully saturated rings. The van der Waals surface area contributed by atoms with Crippen LogP contribution < -0.4 is 11.1 Å². The van der Waals surface area contributed by atoms with Crippen molar-refractivity contribution in [3.05, 3.63) is 35.4 Å². The average Bonchev–Trinajstić information content (AvgIpc) is 2.35. The normalized spacial score (nSPS) is 25.6. The number of hydrogen-bond donors (Lipinski definition) is 2. The van der Waals surface area contributed by atoms with Gasteiger partial charge in [-0.3, -0.25) is 4.79 Å². The Kier molecular flexibility index (Phi) is 6.03. The molecule has 0 heterocycles. The van der Waals surface area contributed by atoms with Crippen molar-refractivity contribution in [3.8, 4) is 0 Å². The molecule has 1 saturated carbocycles. The third-order valence-electron chi connectivity index (χ3n) is 4.12.